The smallest absolute Gasteiger partial charge is 0.338 e. The number of amides is 1. The predicted molar refractivity (Wildman–Crippen MR) is 124 cm³/mol. The summed E-state index contributed by atoms with van der Waals surface area (Å²) in [4.78, 5) is 23.8. The lowest BCUT2D eigenvalue weighted by atomic mass is 10.1. The van der Waals surface area contributed by atoms with Gasteiger partial charge in [-0.2, -0.15) is 0 Å². The van der Waals surface area contributed by atoms with E-state index in [9.17, 15) is 9.59 Å². The summed E-state index contributed by atoms with van der Waals surface area (Å²) in [5, 5.41) is 6.15. The Morgan fingerprint density at radius 2 is 1.77 bits per heavy atom. The minimum absolute atomic E-state index is 0.114. The Bertz CT molecular complexity index is 907. The molecule has 31 heavy (non-hydrogen) atoms. The number of hydrogen-bond donors (Lipinski definition) is 2. The molecular weight excluding hydrogens is 464 g/mol. The van der Waals surface area contributed by atoms with E-state index >= 15 is 0 Å². The maximum atomic E-state index is 12.0. The Hall–Kier alpha value is -2.74. The lowest BCUT2D eigenvalue weighted by Gasteiger charge is -2.21. The fraction of sp³-hybridized carbons (Fsp3) is 0.391. The van der Waals surface area contributed by atoms with Crippen molar-refractivity contribution in [2.75, 3.05) is 25.6 Å². The maximum absolute atomic E-state index is 12.0. The SMILES string of the molecule is CCOC(=O)c1ccc(NCc2cc(Br)c(OCC(=O)NC(C)(C)C)c(OC)c2)cc1. The van der Waals surface area contributed by atoms with Crippen molar-refractivity contribution >= 4 is 33.5 Å². The number of ether oxygens (including phenoxy) is 3. The summed E-state index contributed by atoms with van der Waals surface area (Å²) in [6, 6.07) is 10.8. The van der Waals surface area contributed by atoms with Crippen LogP contribution in [0.4, 0.5) is 5.69 Å². The molecule has 168 valence electrons. The second-order valence-corrected chi connectivity index (χ2v) is 8.70. The first-order valence-electron chi connectivity index (χ1n) is 9.94. The van der Waals surface area contributed by atoms with Gasteiger partial charge in [0.25, 0.3) is 5.91 Å². The van der Waals surface area contributed by atoms with Crippen molar-refractivity contribution in [1.29, 1.82) is 0 Å². The zero-order valence-corrected chi connectivity index (χ0v) is 20.1. The molecule has 1 amide bonds. The van der Waals surface area contributed by atoms with Crippen molar-refractivity contribution in [3.8, 4) is 11.5 Å². The molecule has 0 radical (unpaired) electrons. The minimum Gasteiger partial charge on any atom is -0.493 e. The molecule has 2 N–H and O–H groups in total. The molecule has 7 nitrogen and oxygen atoms in total. The standard InChI is InChI=1S/C23H29BrN2O5/c1-6-30-22(28)16-7-9-17(10-8-16)25-13-15-11-18(24)21(19(12-15)29-5)31-14-20(27)26-23(2,3)4/h7-12,25H,6,13-14H2,1-5H3,(H,26,27). The molecule has 8 heteroatoms. The van der Waals surface area contributed by atoms with Crippen LogP contribution in [0.5, 0.6) is 11.5 Å². The van der Waals surface area contributed by atoms with Gasteiger partial charge in [0.05, 0.1) is 23.8 Å². The fourth-order valence-electron chi connectivity index (χ4n) is 2.75. The fourth-order valence-corrected chi connectivity index (χ4v) is 3.35. The van der Waals surface area contributed by atoms with Crippen LogP contribution in [0, 0.1) is 0 Å². The molecule has 0 aliphatic heterocycles. The first-order chi connectivity index (χ1) is 14.6. The third-order valence-electron chi connectivity index (χ3n) is 4.04. The van der Waals surface area contributed by atoms with Crippen LogP contribution < -0.4 is 20.1 Å². The van der Waals surface area contributed by atoms with E-state index in [1.165, 1.54) is 0 Å². The van der Waals surface area contributed by atoms with E-state index in [0.717, 1.165) is 11.3 Å². The molecule has 0 fully saturated rings. The minimum atomic E-state index is -0.338. The van der Waals surface area contributed by atoms with Gasteiger partial charge in [-0.05, 0) is 85.6 Å². The lowest BCUT2D eigenvalue weighted by Crippen LogP contribution is -2.43. The Labute approximate surface area is 191 Å². The molecule has 2 aromatic rings. The van der Waals surface area contributed by atoms with Crippen molar-refractivity contribution in [2.45, 2.75) is 39.8 Å². The molecule has 0 aliphatic carbocycles. The Morgan fingerprint density at radius 3 is 2.35 bits per heavy atom. The van der Waals surface area contributed by atoms with Gasteiger partial charge in [-0.25, -0.2) is 4.79 Å². The monoisotopic (exact) mass is 492 g/mol. The molecule has 0 unspecified atom stereocenters. The van der Waals surface area contributed by atoms with Gasteiger partial charge in [0.15, 0.2) is 18.1 Å². The molecule has 0 aliphatic rings. The highest BCUT2D eigenvalue weighted by Gasteiger charge is 2.17. The van der Waals surface area contributed by atoms with Crippen molar-refractivity contribution in [3.63, 3.8) is 0 Å². The number of nitrogens with one attached hydrogen (secondary N) is 2. The molecule has 0 aromatic heterocycles. The summed E-state index contributed by atoms with van der Waals surface area (Å²) in [6.45, 7) is 8.26. The van der Waals surface area contributed by atoms with E-state index < -0.39 is 0 Å². The number of methoxy groups -OCH3 is 1. The number of rotatable bonds is 9. The van der Waals surface area contributed by atoms with Crippen LogP contribution >= 0.6 is 15.9 Å². The van der Waals surface area contributed by atoms with E-state index in [1.54, 1.807) is 26.2 Å². The third-order valence-corrected chi connectivity index (χ3v) is 4.63. The number of benzene rings is 2. The molecule has 0 spiro atoms. The van der Waals surface area contributed by atoms with Crippen molar-refractivity contribution in [2.24, 2.45) is 0 Å². The Kier molecular flexibility index (Phi) is 8.74. The largest absolute Gasteiger partial charge is 0.493 e. The first kappa shape index (κ1) is 24.5. The highest BCUT2D eigenvalue weighted by Crippen LogP contribution is 2.37. The second kappa shape index (κ2) is 11.0. The zero-order valence-electron chi connectivity index (χ0n) is 18.5. The summed E-state index contributed by atoms with van der Waals surface area (Å²) in [6.07, 6.45) is 0. The van der Waals surface area contributed by atoms with Crippen LogP contribution in [0.3, 0.4) is 0 Å². The van der Waals surface area contributed by atoms with Crippen LogP contribution in [-0.4, -0.2) is 37.7 Å². The second-order valence-electron chi connectivity index (χ2n) is 7.85. The number of anilines is 1. The Morgan fingerprint density at radius 1 is 1.10 bits per heavy atom. The van der Waals surface area contributed by atoms with E-state index in [-0.39, 0.29) is 24.0 Å². The third kappa shape index (κ3) is 7.79. The van der Waals surface area contributed by atoms with Crippen LogP contribution in [0.1, 0.15) is 43.6 Å². The summed E-state index contributed by atoms with van der Waals surface area (Å²) in [5.41, 5.74) is 1.99. The topological polar surface area (TPSA) is 85.9 Å². The van der Waals surface area contributed by atoms with Gasteiger partial charge in [-0.3, -0.25) is 4.79 Å². The molecule has 0 bridgehead atoms. The van der Waals surface area contributed by atoms with E-state index in [0.29, 0.717) is 34.7 Å². The quantitative estimate of drug-likeness (QED) is 0.499. The van der Waals surface area contributed by atoms with Crippen LogP contribution in [0.15, 0.2) is 40.9 Å². The average molecular weight is 493 g/mol. The van der Waals surface area contributed by atoms with Crippen molar-refractivity contribution in [3.05, 3.63) is 52.0 Å². The van der Waals surface area contributed by atoms with Gasteiger partial charge >= 0.3 is 5.97 Å². The molecule has 0 saturated carbocycles. The zero-order chi connectivity index (χ0) is 23.0. The van der Waals surface area contributed by atoms with Gasteiger partial charge in [0.2, 0.25) is 0 Å². The Balaban J connectivity index is 2.02. The van der Waals surface area contributed by atoms with Crippen molar-refractivity contribution < 1.29 is 23.8 Å². The van der Waals surface area contributed by atoms with E-state index in [1.807, 2.05) is 45.0 Å². The van der Waals surface area contributed by atoms with Gasteiger partial charge < -0.3 is 24.8 Å². The molecule has 2 aromatic carbocycles. The summed E-state index contributed by atoms with van der Waals surface area (Å²) in [7, 11) is 1.55. The van der Waals surface area contributed by atoms with Gasteiger partial charge in [0, 0.05) is 17.8 Å². The van der Waals surface area contributed by atoms with Crippen molar-refractivity contribution in [1.82, 2.24) is 5.32 Å². The summed E-state index contributed by atoms with van der Waals surface area (Å²) < 4.78 is 16.8. The molecule has 0 heterocycles. The molecule has 2 rings (SSSR count). The maximum Gasteiger partial charge on any atom is 0.338 e. The summed E-state index contributed by atoms with van der Waals surface area (Å²) >= 11 is 3.50. The highest BCUT2D eigenvalue weighted by molar-refractivity contribution is 9.10. The normalized spacial score (nSPS) is 10.9. The summed E-state index contributed by atoms with van der Waals surface area (Å²) in [5.74, 6) is 0.439. The van der Waals surface area contributed by atoms with Crippen LogP contribution in [-0.2, 0) is 16.1 Å². The van der Waals surface area contributed by atoms with Gasteiger partial charge in [-0.1, -0.05) is 0 Å². The van der Waals surface area contributed by atoms with Gasteiger partial charge in [-0.15, -0.1) is 0 Å². The lowest BCUT2D eigenvalue weighted by molar-refractivity contribution is -0.124. The van der Waals surface area contributed by atoms with Gasteiger partial charge in [0.1, 0.15) is 0 Å². The van der Waals surface area contributed by atoms with E-state index in [4.69, 9.17) is 14.2 Å². The number of carbonyl (C=O) groups is 2. The number of carbonyl (C=O) groups excluding carboxylic acids is 2. The average Bonchev–Trinajstić information content (AvgIpc) is 2.70. The number of halogens is 1. The highest BCUT2D eigenvalue weighted by atomic mass is 79.9. The molecule has 0 saturated heterocycles. The van der Waals surface area contributed by atoms with Crippen LogP contribution in [0.2, 0.25) is 0 Å². The van der Waals surface area contributed by atoms with E-state index in [2.05, 4.69) is 26.6 Å². The molecule has 0 atom stereocenters. The number of hydrogen-bond acceptors (Lipinski definition) is 6. The predicted octanol–water partition coefficient (Wildman–Crippen LogP) is 4.54. The first-order valence-corrected chi connectivity index (χ1v) is 10.7. The number of esters is 1. The molecular formula is C23H29BrN2O5. The van der Waals surface area contributed by atoms with Crippen LogP contribution in [0.25, 0.3) is 0 Å².